The third-order valence-corrected chi connectivity index (χ3v) is 4.86. The summed E-state index contributed by atoms with van der Waals surface area (Å²) in [6.45, 7) is 0.906. The molecular weight excluding hydrogens is 238 g/mol. The van der Waals surface area contributed by atoms with Gasteiger partial charge in [0.1, 0.15) is 5.75 Å². The van der Waals surface area contributed by atoms with Crippen LogP contribution >= 0.6 is 0 Å². The molecule has 3 nitrogen and oxygen atoms in total. The van der Waals surface area contributed by atoms with Crippen molar-refractivity contribution in [3.63, 3.8) is 0 Å². The Balaban J connectivity index is 1.85. The van der Waals surface area contributed by atoms with Gasteiger partial charge in [0.05, 0.1) is 12.7 Å². The van der Waals surface area contributed by atoms with Gasteiger partial charge in [-0.15, -0.1) is 0 Å². The maximum Gasteiger partial charge on any atom is 0.118 e. The molecule has 1 aliphatic heterocycles. The number of hydrogen-bond acceptors (Lipinski definition) is 3. The van der Waals surface area contributed by atoms with Gasteiger partial charge in [-0.05, 0) is 43.5 Å². The smallest absolute Gasteiger partial charge is 0.118 e. The lowest BCUT2D eigenvalue weighted by Crippen LogP contribution is -2.53. The summed E-state index contributed by atoms with van der Waals surface area (Å²) in [6, 6.07) is 8.54. The molecule has 2 fully saturated rings. The first kappa shape index (κ1) is 12.9. The van der Waals surface area contributed by atoms with E-state index in [1.807, 2.05) is 12.1 Å². The zero-order valence-electron chi connectivity index (χ0n) is 11.6. The van der Waals surface area contributed by atoms with E-state index < -0.39 is 5.60 Å². The van der Waals surface area contributed by atoms with Crippen LogP contribution in [0.15, 0.2) is 24.3 Å². The Kier molecular flexibility index (Phi) is 3.50. The van der Waals surface area contributed by atoms with Gasteiger partial charge in [0.2, 0.25) is 0 Å². The standard InChI is InChI=1S/C16H23NO2/c1-19-13-7-5-12(6-8-13)15-14-4-2-3-9-16(14,18)10-11-17-15/h5-8,14-15,17-18H,2-4,9-11H2,1H3/t14-,15-,16-/m1/s1. The van der Waals surface area contributed by atoms with Crippen LogP contribution in [0, 0.1) is 5.92 Å². The Morgan fingerprint density at radius 2 is 2.00 bits per heavy atom. The Bertz CT molecular complexity index is 427. The van der Waals surface area contributed by atoms with Crippen LogP contribution in [0.2, 0.25) is 0 Å². The predicted octanol–water partition coefficient (Wildman–Crippen LogP) is 2.65. The quantitative estimate of drug-likeness (QED) is 0.860. The van der Waals surface area contributed by atoms with Crippen LogP contribution in [-0.4, -0.2) is 24.4 Å². The average Bonchev–Trinajstić information content (AvgIpc) is 2.46. The van der Waals surface area contributed by atoms with Gasteiger partial charge in [-0.3, -0.25) is 0 Å². The molecule has 1 heterocycles. The molecule has 104 valence electrons. The summed E-state index contributed by atoms with van der Waals surface area (Å²) in [4.78, 5) is 0. The monoisotopic (exact) mass is 261 g/mol. The predicted molar refractivity (Wildman–Crippen MR) is 75.3 cm³/mol. The van der Waals surface area contributed by atoms with Crippen molar-refractivity contribution < 1.29 is 9.84 Å². The number of methoxy groups -OCH3 is 1. The van der Waals surface area contributed by atoms with Crippen LogP contribution in [0.5, 0.6) is 5.75 Å². The number of piperidine rings is 1. The first-order valence-corrected chi connectivity index (χ1v) is 7.33. The molecule has 1 aromatic carbocycles. The molecule has 1 saturated heterocycles. The molecule has 1 aliphatic carbocycles. The van der Waals surface area contributed by atoms with Gasteiger partial charge in [0, 0.05) is 12.0 Å². The van der Waals surface area contributed by atoms with Crippen LogP contribution in [0.25, 0.3) is 0 Å². The normalized spacial score (nSPS) is 34.6. The lowest BCUT2D eigenvalue weighted by Gasteiger charge is -2.48. The average molecular weight is 261 g/mol. The fourth-order valence-electron chi connectivity index (χ4n) is 3.78. The van der Waals surface area contributed by atoms with E-state index in [0.717, 1.165) is 31.6 Å². The molecule has 2 N–H and O–H groups in total. The Hall–Kier alpha value is -1.06. The van der Waals surface area contributed by atoms with Crippen molar-refractivity contribution in [3.8, 4) is 5.75 Å². The number of benzene rings is 1. The molecule has 3 rings (SSSR count). The highest BCUT2D eigenvalue weighted by Gasteiger charge is 2.45. The van der Waals surface area contributed by atoms with E-state index >= 15 is 0 Å². The topological polar surface area (TPSA) is 41.5 Å². The van der Waals surface area contributed by atoms with Gasteiger partial charge in [-0.2, -0.15) is 0 Å². The molecule has 3 atom stereocenters. The third kappa shape index (κ3) is 2.37. The summed E-state index contributed by atoms with van der Waals surface area (Å²) in [6.07, 6.45) is 5.39. The molecule has 0 bridgehead atoms. The minimum Gasteiger partial charge on any atom is -0.497 e. The maximum atomic E-state index is 10.9. The molecule has 1 saturated carbocycles. The minimum atomic E-state index is -0.450. The minimum absolute atomic E-state index is 0.282. The first-order chi connectivity index (χ1) is 9.23. The van der Waals surface area contributed by atoms with Crippen LogP contribution < -0.4 is 10.1 Å². The largest absolute Gasteiger partial charge is 0.497 e. The summed E-state index contributed by atoms with van der Waals surface area (Å²) in [7, 11) is 1.69. The second-order valence-corrected chi connectivity index (χ2v) is 5.91. The highest BCUT2D eigenvalue weighted by Crippen LogP contribution is 2.45. The summed E-state index contributed by atoms with van der Waals surface area (Å²) in [5, 5.41) is 14.5. The van der Waals surface area contributed by atoms with E-state index in [1.54, 1.807) is 7.11 Å². The number of fused-ring (bicyclic) bond motifs is 1. The zero-order chi connectivity index (χ0) is 13.3. The van der Waals surface area contributed by atoms with E-state index in [0.29, 0.717) is 5.92 Å². The van der Waals surface area contributed by atoms with Gasteiger partial charge in [-0.25, -0.2) is 0 Å². The number of hydrogen-bond donors (Lipinski definition) is 2. The molecule has 0 unspecified atom stereocenters. The fraction of sp³-hybridized carbons (Fsp3) is 0.625. The molecule has 0 amide bonds. The summed E-state index contributed by atoms with van der Waals surface area (Å²) < 4.78 is 5.21. The van der Waals surface area contributed by atoms with Gasteiger partial charge in [-0.1, -0.05) is 25.0 Å². The van der Waals surface area contributed by atoms with Crippen molar-refractivity contribution in [2.75, 3.05) is 13.7 Å². The molecule has 2 aliphatic rings. The van der Waals surface area contributed by atoms with E-state index in [4.69, 9.17) is 4.74 Å². The highest BCUT2D eigenvalue weighted by molar-refractivity contribution is 5.30. The second kappa shape index (κ2) is 5.14. The maximum absolute atomic E-state index is 10.9. The van der Waals surface area contributed by atoms with Crippen molar-refractivity contribution in [2.24, 2.45) is 5.92 Å². The molecule has 0 spiro atoms. The van der Waals surface area contributed by atoms with Gasteiger partial charge in [0.15, 0.2) is 0 Å². The van der Waals surface area contributed by atoms with Gasteiger partial charge in [0.25, 0.3) is 0 Å². The molecule has 1 aromatic rings. The van der Waals surface area contributed by atoms with E-state index in [-0.39, 0.29) is 6.04 Å². The number of aliphatic hydroxyl groups is 1. The van der Waals surface area contributed by atoms with Crippen molar-refractivity contribution in [2.45, 2.75) is 43.7 Å². The van der Waals surface area contributed by atoms with Gasteiger partial charge >= 0.3 is 0 Å². The van der Waals surface area contributed by atoms with Crippen LogP contribution in [-0.2, 0) is 0 Å². The van der Waals surface area contributed by atoms with E-state index in [1.165, 1.54) is 18.4 Å². The van der Waals surface area contributed by atoms with Crippen molar-refractivity contribution in [1.82, 2.24) is 5.32 Å². The van der Waals surface area contributed by atoms with E-state index in [2.05, 4.69) is 17.4 Å². The first-order valence-electron chi connectivity index (χ1n) is 7.33. The molecule has 3 heteroatoms. The molecule has 19 heavy (non-hydrogen) atoms. The Morgan fingerprint density at radius 3 is 2.74 bits per heavy atom. The van der Waals surface area contributed by atoms with Crippen molar-refractivity contribution in [1.29, 1.82) is 0 Å². The molecule has 0 radical (unpaired) electrons. The van der Waals surface area contributed by atoms with Crippen molar-refractivity contribution >= 4 is 0 Å². The van der Waals surface area contributed by atoms with Crippen molar-refractivity contribution in [3.05, 3.63) is 29.8 Å². The summed E-state index contributed by atoms with van der Waals surface area (Å²) in [5.74, 6) is 1.24. The Labute approximate surface area is 115 Å². The summed E-state index contributed by atoms with van der Waals surface area (Å²) in [5.41, 5.74) is 0.819. The number of ether oxygens (including phenoxy) is 1. The SMILES string of the molecule is COc1ccc([C@H]2NCC[C@]3(O)CCCC[C@H]23)cc1. The van der Waals surface area contributed by atoms with Crippen LogP contribution in [0.3, 0.4) is 0 Å². The van der Waals surface area contributed by atoms with Crippen LogP contribution in [0.1, 0.15) is 43.7 Å². The number of rotatable bonds is 2. The van der Waals surface area contributed by atoms with E-state index in [9.17, 15) is 5.11 Å². The van der Waals surface area contributed by atoms with Crippen LogP contribution in [0.4, 0.5) is 0 Å². The lowest BCUT2D eigenvalue weighted by molar-refractivity contribution is -0.0861. The highest BCUT2D eigenvalue weighted by atomic mass is 16.5. The zero-order valence-corrected chi connectivity index (χ0v) is 11.6. The summed E-state index contributed by atoms with van der Waals surface area (Å²) >= 11 is 0. The lowest BCUT2D eigenvalue weighted by atomic mass is 9.67. The molecular formula is C16H23NO2. The number of nitrogens with one attached hydrogen (secondary N) is 1. The molecule has 0 aromatic heterocycles. The third-order valence-electron chi connectivity index (χ3n) is 4.86. The van der Waals surface area contributed by atoms with Gasteiger partial charge < -0.3 is 15.2 Å². The fourth-order valence-corrected chi connectivity index (χ4v) is 3.78. The second-order valence-electron chi connectivity index (χ2n) is 5.91. The Morgan fingerprint density at radius 1 is 1.21 bits per heavy atom.